The number of Topliss-reactive ketones (excluding diaryl/α,β-unsaturated/α-hetero) is 1. The average molecular weight is 452 g/mol. The highest BCUT2D eigenvalue weighted by Crippen LogP contribution is 2.40. The normalized spacial score (nSPS) is 17.6. The summed E-state index contributed by atoms with van der Waals surface area (Å²) < 4.78 is 1.74. The number of aryl methyl sites for hydroxylation is 2. The molecule has 0 saturated carbocycles. The summed E-state index contributed by atoms with van der Waals surface area (Å²) in [5.41, 5.74) is 4.58. The standard InChI is InChI=1S/C28H25N3O3/c1-3-19-12-14-21(15-13-19)25-23(26(32)24-18(2)29-22-11-7-8-16-30(22)24)27(33)28(34)31(25)17-20-9-5-4-6-10-20/h4-16,25,32H,3,17H2,1-2H3/b26-23+. The van der Waals surface area contributed by atoms with E-state index < -0.39 is 17.7 Å². The van der Waals surface area contributed by atoms with Crippen molar-refractivity contribution >= 4 is 23.1 Å². The van der Waals surface area contributed by atoms with Crippen molar-refractivity contribution in [3.63, 3.8) is 0 Å². The number of aliphatic hydroxyl groups excluding tert-OH is 1. The van der Waals surface area contributed by atoms with Gasteiger partial charge in [-0.3, -0.25) is 14.0 Å². The number of pyridine rings is 1. The topological polar surface area (TPSA) is 74.9 Å². The van der Waals surface area contributed by atoms with Crippen molar-refractivity contribution in [1.29, 1.82) is 0 Å². The Morgan fingerprint density at radius 2 is 1.65 bits per heavy atom. The van der Waals surface area contributed by atoms with Crippen LogP contribution in [0, 0.1) is 6.92 Å². The van der Waals surface area contributed by atoms with Crippen molar-refractivity contribution in [2.45, 2.75) is 32.9 Å². The molecule has 2 aromatic heterocycles. The van der Waals surface area contributed by atoms with Crippen molar-refractivity contribution in [3.8, 4) is 0 Å². The molecule has 1 N–H and O–H groups in total. The third kappa shape index (κ3) is 3.57. The number of rotatable bonds is 5. The third-order valence-electron chi connectivity index (χ3n) is 6.37. The number of amides is 1. The quantitative estimate of drug-likeness (QED) is 0.268. The lowest BCUT2D eigenvalue weighted by atomic mass is 9.95. The molecule has 0 spiro atoms. The molecule has 1 aliphatic heterocycles. The van der Waals surface area contributed by atoms with Gasteiger partial charge in [-0.2, -0.15) is 0 Å². The van der Waals surface area contributed by atoms with Gasteiger partial charge in [0, 0.05) is 12.7 Å². The highest BCUT2D eigenvalue weighted by atomic mass is 16.3. The zero-order chi connectivity index (χ0) is 23.8. The molecule has 0 radical (unpaired) electrons. The first kappa shape index (κ1) is 21.6. The zero-order valence-corrected chi connectivity index (χ0v) is 19.1. The van der Waals surface area contributed by atoms with Gasteiger partial charge in [0.05, 0.1) is 17.3 Å². The van der Waals surface area contributed by atoms with Crippen LogP contribution in [0.5, 0.6) is 0 Å². The second kappa shape index (κ2) is 8.63. The lowest BCUT2D eigenvalue weighted by Gasteiger charge is -2.25. The number of hydrogen-bond acceptors (Lipinski definition) is 4. The Morgan fingerprint density at radius 3 is 2.35 bits per heavy atom. The van der Waals surface area contributed by atoms with Crippen LogP contribution in [0.25, 0.3) is 11.4 Å². The molecular formula is C28H25N3O3. The fraction of sp³-hybridized carbons (Fsp3) is 0.179. The molecule has 1 atom stereocenters. The number of nitrogens with zero attached hydrogens (tertiary/aromatic N) is 3. The highest BCUT2D eigenvalue weighted by Gasteiger charge is 2.46. The molecule has 0 aliphatic carbocycles. The zero-order valence-electron chi connectivity index (χ0n) is 19.1. The molecule has 1 amide bonds. The van der Waals surface area contributed by atoms with Gasteiger partial charge in [0.15, 0.2) is 5.76 Å². The molecule has 170 valence electrons. The summed E-state index contributed by atoms with van der Waals surface area (Å²) in [6.45, 7) is 4.12. The van der Waals surface area contributed by atoms with Gasteiger partial charge in [0.2, 0.25) is 0 Å². The van der Waals surface area contributed by atoms with E-state index in [1.165, 1.54) is 0 Å². The average Bonchev–Trinajstić information content (AvgIpc) is 3.33. The summed E-state index contributed by atoms with van der Waals surface area (Å²) >= 11 is 0. The minimum atomic E-state index is -0.709. The second-order valence-electron chi connectivity index (χ2n) is 8.48. The maximum atomic E-state index is 13.4. The summed E-state index contributed by atoms with van der Waals surface area (Å²) in [4.78, 5) is 32.7. The van der Waals surface area contributed by atoms with Crippen molar-refractivity contribution in [2.75, 3.05) is 0 Å². The summed E-state index contributed by atoms with van der Waals surface area (Å²) in [5, 5.41) is 11.5. The van der Waals surface area contributed by atoms with E-state index in [9.17, 15) is 14.7 Å². The van der Waals surface area contributed by atoms with Gasteiger partial charge in [-0.25, -0.2) is 4.98 Å². The van der Waals surface area contributed by atoms with Crippen molar-refractivity contribution in [1.82, 2.24) is 14.3 Å². The maximum Gasteiger partial charge on any atom is 0.295 e. The second-order valence-corrected chi connectivity index (χ2v) is 8.48. The maximum absolute atomic E-state index is 13.4. The first-order chi connectivity index (χ1) is 16.5. The van der Waals surface area contributed by atoms with Crippen molar-refractivity contribution < 1.29 is 14.7 Å². The SMILES string of the molecule is CCc1ccc(C2/C(=C(\O)c3c(C)nc4ccccn34)C(=O)C(=O)N2Cc2ccccc2)cc1. The minimum absolute atomic E-state index is 0.0823. The predicted molar refractivity (Wildman–Crippen MR) is 130 cm³/mol. The van der Waals surface area contributed by atoms with Gasteiger partial charge < -0.3 is 10.0 Å². The van der Waals surface area contributed by atoms with Gasteiger partial charge in [-0.05, 0) is 42.2 Å². The number of aliphatic hydroxyl groups is 1. The fourth-order valence-electron chi connectivity index (χ4n) is 4.63. The molecule has 1 unspecified atom stereocenters. The molecular weight excluding hydrogens is 426 g/mol. The first-order valence-corrected chi connectivity index (χ1v) is 11.3. The van der Waals surface area contributed by atoms with Crippen LogP contribution in [0.4, 0.5) is 0 Å². The number of ketones is 1. The van der Waals surface area contributed by atoms with Crippen LogP contribution in [-0.2, 0) is 22.6 Å². The largest absolute Gasteiger partial charge is 0.505 e. The number of likely N-dealkylation sites (tertiary alicyclic amines) is 1. The molecule has 6 heteroatoms. The van der Waals surface area contributed by atoms with E-state index in [0.717, 1.165) is 23.1 Å². The number of hydrogen-bond donors (Lipinski definition) is 1. The van der Waals surface area contributed by atoms with Crippen LogP contribution in [0.3, 0.4) is 0 Å². The molecule has 1 saturated heterocycles. The lowest BCUT2D eigenvalue weighted by Crippen LogP contribution is -2.29. The molecule has 1 fully saturated rings. The number of benzene rings is 2. The van der Waals surface area contributed by atoms with Gasteiger partial charge in [0.1, 0.15) is 11.3 Å². The Balaban J connectivity index is 1.71. The fourth-order valence-corrected chi connectivity index (χ4v) is 4.63. The van der Waals surface area contributed by atoms with E-state index in [2.05, 4.69) is 11.9 Å². The van der Waals surface area contributed by atoms with E-state index >= 15 is 0 Å². The molecule has 3 heterocycles. The summed E-state index contributed by atoms with van der Waals surface area (Å²) in [7, 11) is 0. The molecule has 4 aromatic rings. The Morgan fingerprint density at radius 1 is 0.941 bits per heavy atom. The van der Waals surface area contributed by atoms with Crippen LogP contribution >= 0.6 is 0 Å². The third-order valence-corrected chi connectivity index (χ3v) is 6.37. The lowest BCUT2D eigenvalue weighted by molar-refractivity contribution is -0.140. The number of fused-ring (bicyclic) bond motifs is 1. The molecule has 34 heavy (non-hydrogen) atoms. The van der Waals surface area contributed by atoms with Gasteiger partial charge in [-0.15, -0.1) is 0 Å². The van der Waals surface area contributed by atoms with Gasteiger partial charge in [-0.1, -0.05) is 67.6 Å². The first-order valence-electron chi connectivity index (χ1n) is 11.3. The van der Waals surface area contributed by atoms with Crippen LogP contribution in [0.15, 0.2) is 84.6 Å². The molecule has 5 rings (SSSR count). The van der Waals surface area contributed by atoms with Crippen LogP contribution < -0.4 is 0 Å². The summed E-state index contributed by atoms with van der Waals surface area (Å²) in [6, 6.07) is 22.2. The van der Waals surface area contributed by atoms with E-state index in [4.69, 9.17) is 0 Å². The van der Waals surface area contributed by atoms with Crippen LogP contribution in [0.1, 0.15) is 41.0 Å². The highest BCUT2D eigenvalue weighted by molar-refractivity contribution is 6.46. The van der Waals surface area contributed by atoms with E-state index in [1.54, 1.807) is 22.4 Å². The Bertz CT molecular complexity index is 1420. The number of imidazole rings is 1. The Kier molecular flexibility index (Phi) is 5.49. The molecule has 6 nitrogen and oxygen atoms in total. The molecule has 2 aromatic carbocycles. The van der Waals surface area contributed by atoms with Crippen LogP contribution in [0.2, 0.25) is 0 Å². The Hall–Kier alpha value is -4.19. The predicted octanol–water partition coefficient (Wildman–Crippen LogP) is 4.83. The number of aromatic nitrogens is 2. The van der Waals surface area contributed by atoms with Gasteiger partial charge in [0.25, 0.3) is 11.7 Å². The number of carbonyl (C=O) groups excluding carboxylic acids is 2. The van der Waals surface area contributed by atoms with E-state index in [-0.39, 0.29) is 17.9 Å². The van der Waals surface area contributed by atoms with Crippen LogP contribution in [-0.4, -0.2) is 31.1 Å². The van der Waals surface area contributed by atoms with Crippen molar-refractivity contribution in [3.05, 3.63) is 113 Å². The summed E-state index contributed by atoms with van der Waals surface area (Å²) in [6.07, 6.45) is 2.67. The molecule has 0 bridgehead atoms. The van der Waals surface area contributed by atoms with E-state index in [0.29, 0.717) is 17.0 Å². The summed E-state index contributed by atoms with van der Waals surface area (Å²) in [5.74, 6) is -1.53. The Labute approximate surface area is 197 Å². The smallest absolute Gasteiger partial charge is 0.295 e. The monoisotopic (exact) mass is 451 g/mol. The van der Waals surface area contributed by atoms with Crippen molar-refractivity contribution in [2.24, 2.45) is 0 Å². The van der Waals surface area contributed by atoms with E-state index in [1.807, 2.05) is 72.8 Å². The number of carbonyl (C=O) groups is 2. The molecule has 1 aliphatic rings. The minimum Gasteiger partial charge on any atom is -0.505 e. The van der Waals surface area contributed by atoms with Gasteiger partial charge >= 0.3 is 0 Å².